The molecule has 0 saturated heterocycles. The maximum atomic E-state index is 5.51. The van der Waals surface area contributed by atoms with Gasteiger partial charge in [-0.1, -0.05) is 12.1 Å². The van der Waals surface area contributed by atoms with Crippen LogP contribution in [0.15, 0.2) is 36.8 Å². The zero-order valence-corrected chi connectivity index (χ0v) is 10.8. The van der Waals surface area contributed by atoms with Crippen LogP contribution >= 0.6 is 0 Å². The van der Waals surface area contributed by atoms with Gasteiger partial charge in [0.05, 0.1) is 12.3 Å². The maximum Gasteiger partial charge on any atom is 0.122 e. The first kappa shape index (κ1) is 12.1. The highest BCUT2D eigenvalue weighted by Gasteiger charge is 2.11. The molecule has 4 heteroatoms. The Kier molecular flexibility index (Phi) is 3.70. The van der Waals surface area contributed by atoms with E-state index in [1.807, 2.05) is 6.07 Å². The minimum Gasteiger partial charge on any atom is -0.493 e. The van der Waals surface area contributed by atoms with E-state index in [1.54, 1.807) is 12.5 Å². The Morgan fingerprint density at radius 1 is 1.26 bits per heavy atom. The third-order valence-corrected chi connectivity index (χ3v) is 3.29. The molecule has 19 heavy (non-hydrogen) atoms. The summed E-state index contributed by atoms with van der Waals surface area (Å²) in [5.74, 6) is 1.05. The fraction of sp³-hybridized carbons (Fsp3) is 0.333. The second kappa shape index (κ2) is 5.80. The van der Waals surface area contributed by atoms with Crippen LogP contribution in [0.3, 0.4) is 0 Å². The average Bonchev–Trinajstić information content (AvgIpc) is 2.92. The van der Waals surface area contributed by atoms with Crippen LogP contribution in [-0.4, -0.2) is 23.1 Å². The Morgan fingerprint density at radius 2 is 2.26 bits per heavy atom. The summed E-state index contributed by atoms with van der Waals surface area (Å²) in [6.07, 6.45) is 5.41. The van der Waals surface area contributed by atoms with Gasteiger partial charge in [-0.2, -0.15) is 0 Å². The fourth-order valence-corrected chi connectivity index (χ4v) is 2.27. The van der Waals surface area contributed by atoms with Gasteiger partial charge >= 0.3 is 0 Å². The molecule has 1 aliphatic heterocycles. The molecule has 3 rings (SSSR count). The van der Waals surface area contributed by atoms with Crippen LogP contribution in [0.4, 0.5) is 0 Å². The molecule has 1 aliphatic rings. The van der Waals surface area contributed by atoms with E-state index in [9.17, 15) is 0 Å². The first-order valence-corrected chi connectivity index (χ1v) is 6.62. The van der Waals surface area contributed by atoms with Crippen LogP contribution in [0.2, 0.25) is 0 Å². The van der Waals surface area contributed by atoms with Gasteiger partial charge in [0.2, 0.25) is 0 Å². The average molecular weight is 255 g/mol. The summed E-state index contributed by atoms with van der Waals surface area (Å²) >= 11 is 0. The van der Waals surface area contributed by atoms with Crippen LogP contribution < -0.4 is 10.1 Å². The Balaban J connectivity index is 1.48. The number of hydrogen-bond acceptors (Lipinski definition) is 4. The second-order valence-corrected chi connectivity index (χ2v) is 4.67. The van der Waals surface area contributed by atoms with Crippen LogP contribution in [0, 0.1) is 0 Å². The van der Waals surface area contributed by atoms with Gasteiger partial charge in [0, 0.05) is 19.2 Å². The van der Waals surface area contributed by atoms with Crippen molar-refractivity contribution in [1.29, 1.82) is 0 Å². The lowest BCUT2D eigenvalue weighted by Crippen LogP contribution is -2.17. The van der Waals surface area contributed by atoms with E-state index < -0.39 is 0 Å². The van der Waals surface area contributed by atoms with E-state index in [4.69, 9.17) is 4.74 Å². The van der Waals surface area contributed by atoms with Gasteiger partial charge in [-0.15, -0.1) is 0 Å². The van der Waals surface area contributed by atoms with Crippen LogP contribution in [0.5, 0.6) is 5.75 Å². The Morgan fingerprint density at radius 3 is 3.16 bits per heavy atom. The molecule has 0 saturated carbocycles. The van der Waals surface area contributed by atoms with E-state index in [1.165, 1.54) is 11.1 Å². The molecule has 0 aliphatic carbocycles. The van der Waals surface area contributed by atoms with Gasteiger partial charge in [-0.3, -0.25) is 0 Å². The highest BCUT2D eigenvalue weighted by atomic mass is 16.5. The summed E-state index contributed by atoms with van der Waals surface area (Å²) in [6.45, 7) is 2.56. The SMILES string of the molecule is c1cc(CNCCc2ccc3c(c2)CCO3)ncn1. The summed E-state index contributed by atoms with van der Waals surface area (Å²) in [5.41, 5.74) is 3.73. The quantitative estimate of drug-likeness (QED) is 0.827. The van der Waals surface area contributed by atoms with Crippen molar-refractivity contribution in [3.63, 3.8) is 0 Å². The number of nitrogens with one attached hydrogen (secondary N) is 1. The van der Waals surface area contributed by atoms with Crippen molar-refractivity contribution in [3.8, 4) is 5.75 Å². The minimum absolute atomic E-state index is 0.788. The van der Waals surface area contributed by atoms with E-state index in [0.29, 0.717) is 0 Å². The summed E-state index contributed by atoms with van der Waals surface area (Å²) in [7, 11) is 0. The van der Waals surface area contributed by atoms with Gasteiger partial charge in [-0.25, -0.2) is 9.97 Å². The first-order chi connectivity index (χ1) is 9.42. The highest BCUT2D eigenvalue weighted by Crippen LogP contribution is 2.25. The molecule has 0 unspecified atom stereocenters. The number of rotatable bonds is 5. The lowest BCUT2D eigenvalue weighted by Gasteiger charge is -2.06. The molecule has 98 valence electrons. The van der Waals surface area contributed by atoms with Crippen molar-refractivity contribution in [2.75, 3.05) is 13.2 Å². The van der Waals surface area contributed by atoms with E-state index in [0.717, 1.165) is 44.0 Å². The summed E-state index contributed by atoms with van der Waals surface area (Å²) in [5, 5.41) is 3.40. The van der Waals surface area contributed by atoms with Crippen LogP contribution in [-0.2, 0) is 19.4 Å². The molecule has 0 radical (unpaired) electrons. The minimum atomic E-state index is 0.788. The first-order valence-electron chi connectivity index (χ1n) is 6.62. The lowest BCUT2D eigenvalue weighted by molar-refractivity contribution is 0.357. The molecule has 0 fully saturated rings. The fourth-order valence-electron chi connectivity index (χ4n) is 2.27. The Hall–Kier alpha value is -1.94. The molecule has 0 atom stereocenters. The summed E-state index contributed by atoms with van der Waals surface area (Å²) < 4.78 is 5.51. The smallest absolute Gasteiger partial charge is 0.122 e. The molecule has 1 aromatic carbocycles. The molecular formula is C15H17N3O. The summed E-state index contributed by atoms with van der Waals surface area (Å²) in [6, 6.07) is 8.42. The zero-order valence-electron chi connectivity index (χ0n) is 10.8. The third-order valence-electron chi connectivity index (χ3n) is 3.29. The van der Waals surface area contributed by atoms with E-state index >= 15 is 0 Å². The molecule has 4 nitrogen and oxygen atoms in total. The molecular weight excluding hydrogens is 238 g/mol. The molecule has 0 spiro atoms. The number of nitrogens with zero attached hydrogens (tertiary/aromatic N) is 2. The summed E-state index contributed by atoms with van der Waals surface area (Å²) in [4.78, 5) is 8.08. The number of fused-ring (bicyclic) bond motifs is 1. The Labute approximate surface area is 112 Å². The largest absolute Gasteiger partial charge is 0.493 e. The van der Waals surface area contributed by atoms with E-state index in [-0.39, 0.29) is 0 Å². The number of benzene rings is 1. The predicted octanol–water partition coefficient (Wildman–Crippen LogP) is 1.74. The monoisotopic (exact) mass is 255 g/mol. The Bertz CT molecular complexity index is 542. The van der Waals surface area contributed by atoms with Crippen molar-refractivity contribution in [1.82, 2.24) is 15.3 Å². The lowest BCUT2D eigenvalue weighted by atomic mass is 10.1. The molecule has 1 aromatic heterocycles. The normalized spacial score (nSPS) is 13.1. The topological polar surface area (TPSA) is 47.0 Å². The number of aromatic nitrogens is 2. The zero-order chi connectivity index (χ0) is 12.9. The molecule has 2 aromatic rings. The third kappa shape index (κ3) is 3.09. The van der Waals surface area contributed by atoms with Gasteiger partial charge in [0.15, 0.2) is 0 Å². The highest BCUT2D eigenvalue weighted by molar-refractivity contribution is 5.39. The molecule has 2 heterocycles. The molecule has 1 N–H and O–H groups in total. The van der Waals surface area contributed by atoms with Gasteiger partial charge < -0.3 is 10.1 Å². The van der Waals surface area contributed by atoms with Crippen molar-refractivity contribution < 1.29 is 4.74 Å². The van der Waals surface area contributed by atoms with Crippen molar-refractivity contribution in [3.05, 3.63) is 53.6 Å². The van der Waals surface area contributed by atoms with Crippen LogP contribution in [0.1, 0.15) is 16.8 Å². The van der Waals surface area contributed by atoms with E-state index in [2.05, 4.69) is 33.5 Å². The van der Waals surface area contributed by atoms with Crippen molar-refractivity contribution in [2.45, 2.75) is 19.4 Å². The van der Waals surface area contributed by atoms with Crippen molar-refractivity contribution >= 4 is 0 Å². The number of hydrogen-bond donors (Lipinski definition) is 1. The second-order valence-electron chi connectivity index (χ2n) is 4.67. The number of ether oxygens (including phenoxy) is 1. The van der Waals surface area contributed by atoms with Crippen molar-refractivity contribution in [2.24, 2.45) is 0 Å². The van der Waals surface area contributed by atoms with Gasteiger partial charge in [0.25, 0.3) is 0 Å². The maximum absolute atomic E-state index is 5.51. The van der Waals surface area contributed by atoms with Gasteiger partial charge in [-0.05, 0) is 36.2 Å². The molecule has 0 bridgehead atoms. The standard InChI is InChI=1S/C15H17N3O/c1-2-15-13(5-8-19-15)9-12(1)3-6-16-10-14-4-7-17-11-18-14/h1-2,4,7,9,11,16H,3,5-6,8,10H2. The molecule has 0 amide bonds. The van der Waals surface area contributed by atoms with Gasteiger partial charge in [0.1, 0.15) is 12.1 Å². The van der Waals surface area contributed by atoms with Crippen LogP contribution in [0.25, 0.3) is 0 Å². The predicted molar refractivity (Wildman–Crippen MR) is 73.1 cm³/mol.